The van der Waals surface area contributed by atoms with Crippen molar-refractivity contribution in [1.82, 2.24) is 5.32 Å². The number of aromatic carboxylic acids is 1. The molecule has 1 aromatic rings. The third-order valence-corrected chi connectivity index (χ3v) is 4.63. The molecule has 0 aromatic heterocycles. The maximum Gasteiger partial charge on any atom is 0.335 e. The highest BCUT2D eigenvalue weighted by atomic mass is 32.2. The van der Waals surface area contributed by atoms with Gasteiger partial charge in [-0.1, -0.05) is 19.9 Å². The van der Waals surface area contributed by atoms with Gasteiger partial charge in [0, 0.05) is 6.54 Å². The zero-order valence-corrected chi connectivity index (χ0v) is 13.0. The van der Waals surface area contributed by atoms with Gasteiger partial charge in [-0.15, -0.1) is 0 Å². The number of carboxylic acids is 1. The third kappa shape index (κ3) is 4.56. The lowest BCUT2D eigenvalue weighted by Gasteiger charge is -2.11. The normalized spacial score (nSPS) is 11.4. The van der Waals surface area contributed by atoms with E-state index in [4.69, 9.17) is 5.11 Å². The van der Waals surface area contributed by atoms with Crippen LogP contribution in [-0.4, -0.2) is 37.7 Å². The van der Waals surface area contributed by atoms with Gasteiger partial charge in [-0.3, -0.25) is 4.79 Å². The fraction of sp³-hybridized carbons (Fsp3) is 0.429. The molecule has 0 atom stereocenters. The van der Waals surface area contributed by atoms with Gasteiger partial charge < -0.3 is 10.4 Å². The highest BCUT2D eigenvalue weighted by molar-refractivity contribution is 7.92. The van der Waals surface area contributed by atoms with E-state index in [-0.39, 0.29) is 21.9 Å². The van der Waals surface area contributed by atoms with E-state index in [1.807, 2.05) is 13.8 Å². The molecular weight excluding hydrogens is 294 g/mol. The fourth-order valence-corrected chi connectivity index (χ4v) is 3.27. The summed E-state index contributed by atoms with van der Waals surface area (Å²) in [5, 5.41) is 11.5. The van der Waals surface area contributed by atoms with Crippen LogP contribution in [0.5, 0.6) is 0 Å². The average molecular weight is 313 g/mol. The summed E-state index contributed by atoms with van der Waals surface area (Å²) >= 11 is 0. The van der Waals surface area contributed by atoms with Gasteiger partial charge in [0.15, 0.2) is 9.84 Å². The Kier molecular flexibility index (Phi) is 5.48. The first-order chi connectivity index (χ1) is 9.65. The SMILES string of the molecule is Cc1c(C(=O)O)cccc1S(=O)(=O)CC(=O)NCC(C)C. The van der Waals surface area contributed by atoms with Crippen molar-refractivity contribution in [2.45, 2.75) is 25.7 Å². The predicted octanol–water partition coefficient (Wildman–Crippen LogP) is 1.24. The maximum atomic E-state index is 12.2. The Morgan fingerprint density at radius 1 is 1.29 bits per heavy atom. The smallest absolute Gasteiger partial charge is 0.335 e. The van der Waals surface area contributed by atoms with Crippen LogP contribution in [0.2, 0.25) is 0 Å². The van der Waals surface area contributed by atoms with E-state index in [9.17, 15) is 18.0 Å². The Morgan fingerprint density at radius 2 is 1.90 bits per heavy atom. The molecule has 0 heterocycles. The van der Waals surface area contributed by atoms with E-state index >= 15 is 0 Å². The molecule has 7 heteroatoms. The van der Waals surface area contributed by atoms with E-state index in [0.717, 1.165) is 0 Å². The molecule has 1 amide bonds. The van der Waals surface area contributed by atoms with Crippen LogP contribution in [0.3, 0.4) is 0 Å². The lowest BCUT2D eigenvalue weighted by molar-refractivity contribution is -0.118. The number of hydrogen-bond acceptors (Lipinski definition) is 4. The summed E-state index contributed by atoms with van der Waals surface area (Å²) in [7, 11) is -3.87. The predicted molar refractivity (Wildman–Crippen MR) is 78.0 cm³/mol. The first-order valence-electron chi connectivity index (χ1n) is 6.47. The van der Waals surface area contributed by atoms with E-state index < -0.39 is 27.5 Å². The standard InChI is InChI=1S/C14H19NO5S/c1-9(2)7-15-13(16)8-21(19,20)12-6-4-5-11(10(12)3)14(17)18/h4-6,9H,7-8H2,1-3H3,(H,15,16)(H,17,18). The van der Waals surface area contributed by atoms with Gasteiger partial charge in [0.05, 0.1) is 10.5 Å². The third-order valence-electron chi connectivity index (χ3n) is 2.88. The van der Waals surface area contributed by atoms with Crippen LogP contribution in [0.1, 0.15) is 29.8 Å². The summed E-state index contributed by atoms with van der Waals surface area (Å²) in [4.78, 5) is 22.6. The van der Waals surface area contributed by atoms with Crippen LogP contribution < -0.4 is 5.32 Å². The second kappa shape index (κ2) is 6.71. The lowest BCUT2D eigenvalue weighted by atomic mass is 10.1. The van der Waals surface area contributed by atoms with Crippen molar-refractivity contribution in [3.63, 3.8) is 0 Å². The number of hydrogen-bond donors (Lipinski definition) is 2. The summed E-state index contributed by atoms with van der Waals surface area (Å²) < 4.78 is 24.5. The van der Waals surface area contributed by atoms with Crippen molar-refractivity contribution in [3.05, 3.63) is 29.3 Å². The molecule has 0 radical (unpaired) electrons. The van der Waals surface area contributed by atoms with Gasteiger partial charge in [-0.2, -0.15) is 0 Å². The second-order valence-corrected chi connectivity index (χ2v) is 7.15. The molecule has 0 saturated heterocycles. The minimum Gasteiger partial charge on any atom is -0.478 e. The average Bonchev–Trinajstić information content (AvgIpc) is 2.35. The van der Waals surface area contributed by atoms with Crippen LogP contribution in [0.4, 0.5) is 0 Å². The van der Waals surface area contributed by atoms with Crippen molar-refractivity contribution >= 4 is 21.7 Å². The number of carbonyl (C=O) groups is 2. The van der Waals surface area contributed by atoms with Crippen molar-refractivity contribution in [2.75, 3.05) is 12.3 Å². The maximum absolute atomic E-state index is 12.2. The van der Waals surface area contributed by atoms with Gasteiger partial charge in [-0.05, 0) is 30.5 Å². The molecule has 21 heavy (non-hydrogen) atoms. The van der Waals surface area contributed by atoms with Crippen molar-refractivity contribution in [2.24, 2.45) is 5.92 Å². The molecule has 116 valence electrons. The summed E-state index contributed by atoms with van der Waals surface area (Å²) in [5.74, 6) is -2.27. The Labute approximate surface area is 124 Å². The van der Waals surface area contributed by atoms with Gasteiger partial charge in [0.25, 0.3) is 0 Å². The first kappa shape index (κ1) is 17.2. The highest BCUT2D eigenvalue weighted by Gasteiger charge is 2.23. The molecule has 0 spiro atoms. The quantitative estimate of drug-likeness (QED) is 0.823. The summed E-state index contributed by atoms with van der Waals surface area (Å²) in [6, 6.07) is 4.00. The molecule has 0 fully saturated rings. The Hall–Kier alpha value is -1.89. The van der Waals surface area contributed by atoms with Gasteiger partial charge in [0.2, 0.25) is 5.91 Å². The molecule has 0 aliphatic heterocycles. The number of carbonyl (C=O) groups excluding carboxylic acids is 1. The van der Waals surface area contributed by atoms with Gasteiger partial charge >= 0.3 is 5.97 Å². The van der Waals surface area contributed by atoms with Crippen molar-refractivity contribution in [1.29, 1.82) is 0 Å². The number of sulfone groups is 1. The van der Waals surface area contributed by atoms with Crippen LogP contribution in [0.25, 0.3) is 0 Å². The van der Waals surface area contributed by atoms with Crippen molar-refractivity contribution in [3.8, 4) is 0 Å². The number of benzene rings is 1. The Bertz CT molecular complexity index is 649. The number of carboxylic acid groups (broad SMARTS) is 1. The Balaban J connectivity index is 3.01. The molecule has 2 N–H and O–H groups in total. The molecule has 6 nitrogen and oxygen atoms in total. The molecule has 0 unspecified atom stereocenters. The minimum absolute atomic E-state index is 0.0846. The molecule has 1 rings (SSSR count). The van der Waals surface area contributed by atoms with Crippen LogP contribution in [0, 0.1) is 12.8 Å². The van der Waals surface area contributed by atoms with Crippen LogP contribution in [0.15, 0.2) is 23.1 Å². The minimum atomic E-state index is -3.87. The second-order valence-electron chi connectivity index (χ2n) is 5.19. The molecular formula is C14H19NO5S. The molecule has 0 aliphatic rings. The molecule has 0 saturated carbocycles. The van der Waals surface area contributed by atoms with E-state index in [0.29, 0.717) is 6.54 Å². The summed E-state index contributed by atoms with van der Waals surface area (Å²) in [5.41, 5.74) is 0.0559. The topological polar surface area (TPSA) is 101 Å². The van der Waals surface area contributed by atoms with Gasteiger partial charge in [-0.25, -0.2) is 13.2 Å². The van der Waals surface area contributed by atoms with E-state index in [2.05, 4.69) is 5.32 Å². The lowest BCUT2D eigenvalue weighted by Crippen LogP contribution is -2.33. The Morgan fingerprint density at radius 3 is 2.43 bits per heavy atom. The summed E-state index contributed by atoms with van der Waals surface area (Å²) in [6.45, 7) is 5.61. The largest absolute Gasteiger partial charge is 0.478 e. The fourth-order valence-electron chi connectivity index (χ4n) is 1.80. The molecule has 0 aliphatic carbocycles. The van der Waals surface area contributed by atoms with Gasteiger partial charge in [0.1, 0.15) is 5.75 Å². The zero-order chi connectivity index (χ0) is 16.2. The number of amides is 1. The monoisotopic (exact) mass is 313 g/mol. The van der Waals surface area contributed by atoms with Crippen LogP contribution in [-0.2, 0) is 14.6 Å². The van der Waals surface area contributed by atoms with Crippen molar-refractivity contribution < 1.29 is 23.1 Å². The first-order valence-corrected chi connectivity index (χ1v) is 8.12. The van der Waals surface area contributed by atoms with E-state index in [1.165, 1.54) is 25.1 Å². The summed E-state index contributed by atoms with van der Waals surface area (Å²) in [6.07, 6.45) is 0. The van der Waals surface area contributed by atoms with Crippen LogP contribution >= 0.6 is 0 Å². The number of rotatable bonds is 6. The number of nitrogens with one attached hydrogen (secondary N) is 1. The molecule has 1 aromatic carbocycles. The highest BCUT2D eigenvalue weighted by Crippen LogP contribution is 2.20. The zero-order valence-electron chi connectivity index (χ0n) is 12.2. The molecule has 0 bridgehead atoms. The van der Waals surface area contributed by atoms with E-state index in [1.54, 1.807) is 0 Å².